The van der Waals surface area contributed by atoms with Crippen LogP contribution in [0, 0.1) is 33.6 Å². The van der Waals surface area contributed by atoms with E-state index < -0.39 is 11.8 Å². The molecule has 30 heavy (non-hydrogen) atoms. The smallest absolute Gasteiger partial charge is 0.232 e. The quantitative estimate of drug-likeness (QED) is 0.504. The number of Topliss-reactive ketones (excluding diaryl/α,β-unsaturated/α-hetero) is 1. The standard InChI is InChI=1S/C27H29NO2/c1-17-11-13-22(15-19(17)3)25(27(30)28-24-9-7-6-8-10-24)21(5)26(29)23-14-12-18(2)20(4)16-23/h6-16,21,25H,1-5H3,(H,28,30). The van der Waals surface area contributed by atoms with Crippen LogP contribution in [0.15, 0.2) is 66.7 Å². The number of nitrogens with one attached hydrogen (secondary N) is 1. The van der Waals surface area contributed by atoms with E-state index in [9.17, 15) is 9.59 Å². The molecule has 0 saturated heterocycles. The first kappa shape index (κ1) is 21.5. The number of rotatable bonds is 6. The number of amides is 1. The maximum atomic E-state index is 13.4. The highest BCUT2D eigenvalue weighted by Crippen LogP contribution is 2.31. The molecule has 0 fully saturated rings. The third-order valence-electron chi connectivity index (χ3n) is 5.92. The lowest BCUT2D eigenvalue weighted by molar-refractivity contribution is -0.118. The van der Waals surface area contributed by atoms with E-state index in [1.165, 1.54) is 0 Å². The molecule has 3 aromatic carbocycles. The molecule has 0 spiro atoms. The SMILES string of the molecule is Cc1ccc(C(=O)C(C)C(C(=O)Nc2ccccc2)c2ccc(C)c(C)c2)cc1C. The molecule has 0 saturated carbocycles. The number of hydrogen-bond acceptors (Lipinski definition) is 2. The van der Waals surface area contributed by atoms with Gasteiger partial charge in [-0.3, -0.25) is 9.59 Å². The number of ketones is 1. The van der Waals surface area contributed by atoms with Gasteiger partial charge in [0.25, 0.3) is 0 Å². The van der Waals surface area contributed by atoms with Crippen LogP contribution in [0.1, 0.15) is 51.0 Å². The summed E-state index contributed by atoms with van der Waals surface area (Å²) in [4.78, 5) is 26.7. The maximum absolute atomic E-state index is 13.4. The molecule has 154 valence electrons. The molecule has 3 heteroatoms. The van der Waals surface area contributed by atoms with Gasteiger partial charge in [0.15, 0.2) is 5.78 Å². The highest BCUT2D eigenvalue weighted by molar-refractivity contribution is 6.04. The first-order chi connectivity index (χ1) is 14.3. The highest BCUT2D eigenvalue weighted by Gasteiger charge is 2.32. The lowest BCUT2D eigenvalue weighted by atomic mass is 9.80. The second kappa shape index (κ2) is 9.08. The van der Waals surface area contributed by atoms with E-state index in [4.69, 9.17) is 0 Å². The number of carbonyl (C=O) groups excluding carboxylic acids is 2. The zero-order valence-electron chi connectivity index (χ0n) is 18.3. The Morgan fingerprint density at radius 1 is 0.733 bits per heavy atom. The fraction of sp³-hybridized carbons (Fsp3) is 0.259. The molecule has 3 aromatic rings. The van der Waals surface area contributed by atoms with Gasteiger partial charge in [0.05, 0.1) is 5.92 Å². The van der Waals surface area contributed by atoms with Crippen LogP contribution in [-0.4, -0.2) is 11.7 Å². The third-order valence-corrected chi connectivity index (χ3v) is 5.92. The molecule has 0 bridgehead atoms. The predicted octanol–water partition coefficient (Wildman–Crippen LogP) is 6.16. The number of aryl methyl sites for hydroxylation is 4. The van der Waals surface area contributed by atoms with Gasteiger partial charge in [-0.15, -0.1) is 0 Å². The van der Waals surface area contributed by atoms with E-state index >= 15 is 0 Å². The van der Waals surface area contributed by atoms with Crippen LogP contribution in [0.5, 0.6) is 0 Å². The molecule has 2 unspecified atom stereocenters. The summed E-state index contributed by atoms with van der Waals surface area (Å²) in [7, 11) is 0. The number of carbonyl (C=O) groups is 2. The first-order valence-corrected chi connectivity index (χ1v) is 10.3. The van der Waals surface area contributed by atoms with E-state index in [1.807, 2.05) is 101 Å². The Morgan fingerprint density at radius 2 is 1.33 bits per heavy atom. The monoisotopic (exact) mass is 399 g/mol. The van der Waals surface area contributed by atoms with Gasteiger partial charge in [-0.1, -0.05) is 55.5 Å². The molecule has 0 aliphatic rings. The summed E-state index contributed by atoms with van der Waals surface area (Å²) < 4.78 is 0. The van der Waals surface area contributed by atoms with Crippen molar-refractivity contribution in [3.05, 3.63) is 100 Å². The molecule has 0 aromatic heterocycles. The number of para-hydroxylation sites is 1. The number of anilines is 1. The van der Waals surface area contributed by atoms with Crippen molar-refractivity contribution in [3.63, 3.8) is 0 Å². The Bertz CT molecular complexity index is 1070. The Morgan fingerprint density at radius 3 is 1.93 bits per heavy atom. The lowest BCUT2D eigenvalue weighted by Crippen LogP contribution is -2.31. The van der Waals surface area contributed by atoms with Crippen molar-refractivity contribution in [2.45, 2.75) is 40.5 Å². The molecule has 3 nitrogen and oxygen atoms in total. The molecule has 1 N–H and O–H groups in total. The van der Waals surface area contributed by atoms with Crippen molar-refractivity contribution in [1.82, 2.24) is 0 Å². The Balaban J connectivity index is 1.98. The van der Waals surface area contributed by atoms with Gasteiger partial charge in [-0.2, -0.15) is 0 Å². The summed E-state index contributed by atoms with van der Waals surface area (Å²) in [6.07, 6.45) is 0. The highest BCUT2D eigenvalue weighted by atomic mass is 16.2. The van der Waals surface area contributed by atoms with Gasteiger partial charge in [0.1, 0.15) is 0 Å². The lowest BCUT2D eigenvalue weighted by Gasteiger charge is -2.24. The van der Waals surface area contributed by atoms with Gasteiger partial charge >= 0.3 is 0 Å². The Kier molecular flexibility index (Phi) is 6.51. The Hall–Kier alpha value is -3.20. The number of hydrogen-bond donors (Lipinski definition) is 1. The largest absolute Gasteiger partial charge is 0.326 e. The molecule has 0 heterocycles. The summed E-state index contributed by atoms with van der Waals surface area (Å²) >= 11 is 0. The molecule has 2 atom stereocenters. The minimum atomic E-state index is -0.585. The van der Waals surface area contributed by atoms with Gasteiger partial charge in [0, 0.05) is 17.2 Å². The van der Waals surface area contributed by atoms with Gasteiger partial charge in [0.2, 0.25) is 5.91 Å². The third kappa shape index (κ3) is 4.68. The maximum Gasteiger partial charge on any atom is 0.232 e. The van der Waals surface area contributed by atoms with Gasteiger partial charge in [-0.05, 0) is 73.7 Å². The van der Waals surface area contributed by atoms with E-state index in [-0.39, 0.29) is 11.7 Å². The van der Waals surface area contributed by atoms with Crippen LogP contribution in [0.3, 0.4) is 0 Å². The van der Waals surface area contributed by atoms with Crippen molar-refractivity contribution in [2.24, 2.45) is 5.92 Å². The van der Waals surface area contributed by atoms with Crippen molar-refractivity contribution in [1.29, 1.82) is 0 Å². The molecule has 1 amide bonds. The van der Waals surface area contributed by atoms with Crippen molar-refractivity contribution < 1.29 is 9.59 Å². The summed E-state index contributed by atoms with van der Waals surface area (Å²) in [5, 5.41) is 2.99. The zero-order chi connectivity index (χ0) is 21.8. The van der Waals surface area contributed by atoms with Crippen LogP contribution >= 0.6 is 0 Å². The summed E-state index contributed by atoms with van der Waals surface area (Å²) in [5.41, 5.74) is 6.71. The van der Waals surface area contributed by atoms with E-state index in [0.717, 1.165) is 33.5 Å². The van der Waals surface area contributed by atoms with E-state index in [1.54, 1.807) is 0 Å². The van der Waals surface area contributed by atoms with E-state index in [0.29, 0.717) is 5.56 Å². The number of benzene rings is 3. The van der Waals surface area contributed by atoms with Crippen LogP contribution < -0.4 is 5.32 Å². The molecular weight excluding hydrogens is 370 g/mol. The molecule has 0 aliphatic heterocycles. The summed E-state index contributed by atoms with van der Waals surface area (Å²) in [6, 6.07) is 21.1. The molecule has 0 aliphatic carbocycles. The summed E-state index contributed by atoms with van der Waals surface area (Å²) in [5.74, 6) is -1.28. The average Bonchev–Trinajstić information content (AvgIpc) is 2.73. The average molecular weight is 400 g/mol. The minimum absolute atomic E-state index is 0.0236. The Labute approximate surface area is 179 Å². The second-order valence-electron chi connectivity index (χ2n) is 8.13. The normalized spacial score (nSPS) is 12.8. The van der Waals surface area contributed by atoms with Crippen LogP contribution in [0.2, 0.25) is 0 Å². The van der Waals surface area contributed by atoms with Crippen molar-refractivity contribution in [3.8, 4) is 0 Å². The zero-order valence-corrected chi connectivity index (χ0v) is 18.3. The first-order valence-electron chi connectivity index (χ1n) is 10.3. The fourth-order valence-electron chi connectivity index (χ4n) is 3.68. The predicted molar refractivity (Wildman–Crippen MR) is 123 cm³/mol. The topological polar surface area (TPSA) is 46.2 Å². The van der Waals surface area contributed by atoms with Crippen LogP contribution in [0.25, 0.3) is 0 Å². The molecule has 3 rings (SSSR count). The minimum Gasteiger partial charge on any atom is -0.326 e. The second-order valence-corrected chi connectivity index (χ2v) is 8.13. The summed E-state index contributed by atoms with van der Waals surface area (Å²) in [6.45, 7) is 9.95. The molecular formula is C27H29NO2. The van der Waals surface area contributed by atoms with Crippen LogP contribution in [-0.2, 0) is 4.79 Å². The van der Waals surface area contributed by atoms with Crippen molar-refractivity contribution in [2.75, 3.05) is 5.32 Å². The fourth-order valence-corrected chi connectivity index (χ4v) is 3.68. The van der Waals surface area contributed by atoms with E-state index in [2.05, 4.69) is 5.32 Å². The van der Waals surface area contributed by atoms with Gasteiger partial charge < -0.3 is 5.32 Å². The van der Waals surface area contributed by atoms with Crippen molar-refractivity contribution >= 4 is 17.4 Å². The van der Waals surface area contributed by atoms with Gasteiger partial charge in [-0.25, -0.2) is 0 Å². The molecule has 0 radical (unpaired) electrons. The van der Waals surface area contributed by atoms with Crippen LogP contribution in [0.4, 0.5) is 5.69 Å².